The van der Waals surface area contributed by atoms with Crippen molar-refractivity contribution in [1.29, 1.82) is 0 Å². The molecule has 2 aromatic rings. The molecule has 2 N–H and O–H groups in total. The van der Waals surface area contributed by atoms with Crippen LogP contribution in [-0.2, 0) is 26.0 Å². The lowest BCUT2D eigenvalue weighted by atomic mass is 10.3. The summed E-state index contributed by atoms with van der Waals surface area (Å²) in [5, 5.41) is 18.6. The Bertz CT molecular complexity index is 582. The van der Waals surface area contributed by atoms with E-state index in [0.717, 1.165) is 24.6 Å². The minimum atomic E-state index is -0.127. The summed E-state index contributed by atoms with van der Waals surface area (Å²) < 4.78 is 1.66. The van der Waals surface area contributed by atoms with E-state index in [1.54, 1.807) is 4.68 Å². The van der Waals surface area contributed by atoms with Crippen LogP contribution in [0.3, 0.4) is 0 Å². The largest absolute Gasteiger partial charge is 0.388 e. The van der Waals surface area contributed by atoms with Crippen LogP contribution in [-0.4, -0.2) is 51.2 Å². The Balaban J connectivity index is 1.66. The summed E-state index contributed by atoms with van der Waals surface area (Å²) in [6, 6.07) is 2.29. The Morgan fingerprint density at radius 2 is 2.27 bits per heavy atom. The highest BCUT2D eigenvalue weighted by Crippen LogP contribution is 2.20. The van der Waals surface area contributed by atoms with Crippen molar-refractivity contribution < 1.29 is 5.11 Å². The lowest BCUT2D eigenvalue weighted by Gasteiger charge is -2.06. The molecule has 0 spiro atoms. The third-order valence-corrected chi connectivity index (χ3v) is 4.93. The standard InChI is InChI=1S/C14H23N5OS2/c1-18(2)7-12-6-11(10-22-12)9-21-5-4-15-14-16-13(8-20)17-19(14)3/h6,10,20H,4-5,7-9H2,1-3H3,(H,15,16,17). The molecule has 0 saturated carbocycles. The molecule has 0 amide bonds. The number of anilines is 1. The second-order valence-corrected chi connectivity index (χ2v) is 7.37. The number of thiophene rings is 1. The molecule has 0 aliphatic heterocycles. The van der Waals surface area contributed by atoms with Crippen LogP contribution in [0, 0.1) is 0 Å². The minimum Gasteiger partial charge on any atom is -0.388 e. The van der Waals surface area contributed by atoms with Crippen LogP contribution in [0.25, 0.3) is 0 Å². The number of hydrogen-bond acceptors (Lipinski definition) is 7. The van der Waals surface area contributed by atoms with Gasteiger partial charge in [-0.25, -0.2) is 4.68 Å². The average molecular weight is 342 g/mol. The summed E-state index contributed by atoms with van der Waals surface area (Å²) >= 11 is 3.73. The maximum Gasteiger partial charge on any atom is 0.221 e. The van der Waals surface area contributed by atoms with Crippen molar-refractivity contribution in [2.45, 2.75) is 18.9 Å². The first-order valence-electron chi connectivity index (χ1n) is 7.12. The molecule has 22 heavy (non-hydrogen) atoms. The maximum absolute atomic E-state index is 9.00. The smallest absolute Gasteiger partial charge is 0.221 e. The predicted octanol–water partition coefficient (Wildman–Crippen LogP) is 1.78. The van der Waals surface area contributed by atoms with Gasteiger partial charge in [-0.3, -0.25) is 0 Å². The first-order chi connectivity index (χ1) is 10.6. The summed E-state index contributed by atoms with van der Waals surface area (Å²) in [5.74, 6) is 3.18. The van der Waals surface area contributed by atoms with Gasteiger partial charge in [0.05, 0.1) is 0 Å². The van der Waals surface area contributed by atoms with Gasteiger partial charge in [0, 0.05) is 36.5 Å². The van der Waals surface area contributed by atoms with E-state index < -0.39 is 0 Å². The molecule has 0 aromatic carbocycles. The Hall–Kier alpha value is -1.09. The molecule has 122 valence electrons. The van der Waals surface area contributed by atoms with Gasteiger partial charge in [0.15, 0.2) is 5.82 Å². The lowest BCUT2D eigenvalue weighted by molar-refractivity contribution is 0.271. The van der Waals surface area contributed by atoms with Crippen molar-refractivity contribution >= 4 is 29.0 Å². The van der Waals surface area contributed by atoms with Gasteiger partial charge in [-0.05, 0) is 31.1 Å². The van der Waals surface area contributed by atoms with E-state index in [1.165, 1.54) is 10.4 Å². The van der Waals surface area contributed by atoms with Crippen LogP contribution in [0.4, 0.5) is 5.95 Å². The Kier molecular flexibility index (Phi) is 6.69. The van der Waals surface area contributed by atoms with Crippen molar-refractivity contribution in [3.05, 3.63) is 27.7 Å². The van der Waals surface area contributed by atoms with Crippen LogP contribution in [0.2, 0.25) is 0 Å². The zero-order valence-electron chi connectivity index (χ0n) is 13.2. The Morgan fingerprint density at radius 1 is 1.45 bits per heavy atom. The normalized spacial score (nSPS) is 11.3. The number of nitrogens with one attached hydrogen (secondary N) is 1. The van der Waals surface area contributed by atoms with Gasteiger partial charge in [-0.1, -0.05) is 0 Å². The fourth-order valence-electron chi connectivity index (χ4n) is 1.98. The van der Waals surface area contributed by atoms with Gasteiger partial charge in [-0.2, -0.15) is 21.8 Å². The van der Waals surface area contributed by atoms with Crippen molar-refractivity contribution in [1.82, 2.24) is 19.7 Å². The van der Waals surface area contributed by atoms with Crippen LogP contribution in [0.1, 0.15) is 16.3 Å². The molecule has 0 radical (unpaired) electrons. The number of hydrogen-bond donors (Lipinski definition) is 2. The van der Waals surface area contributed by atoms with Crippen molar-refractivity contribution in [3.63, 3.8) is 0 Å². The number of thioether (sulfide) groups is 1. The molecule has 2 heterocycles. The van der Waals surface area contributed by atoms with Crippen LogP contribution in [0.5, 0.6) is 0 Å². The highest BCUT2D eigenvalue weighted by Gasteiger charge is 2.05. The molecule has 8 heteroatoms. The number of nitrogens with zero attached hydrogens (tertiary/aromatic N) is 4. The molecule has 0 aliphatic rings. The van der Waals surface area contributed by atoms with E-state index in [2.05, 4.69) is 45.8 Å². The molecule has 0 saturated heterocycles. The first-order valence-corrected chi connectivity index (χ1v) is 9.15. The molecule has 2 aromatic heterocycles. The highest BCUT2D eigenvalue weighted by molar-refractivity contribution is 7.98. The SMILES string of the molecule is CN(C)Cc1cc(CSCCNc2nc(CO)nn2C)cs1. The molecule has 0 atom stereocenters. The molecule has 0 aliphatic carbocycles. The highest BCUT2D eigenvalue weighted by atomic mass is 32.2. The number of aryl methyl sites for hydroxylation is 1. The van der Waals surface area contributed by atoms with Gasteiger partial charge < -0.3 is 15.3 Å². The number of aliphatic hydroxyl groups is 1. The Morgan fingerprint density at radius 3 is 2.95 bits per heavy atom. The summed E-state index contributed by atoms with van der Waals surface area (Å²) in [6.45, 7) is 1.71. The van der Waals surface area contributed by atoms with E-state index in [9.17, 15) is 0 Å². The van der Waals surface area contributed by atoms with Gasteiger partial charge in [0.2, 0.25) is 5.95 Å². The van der Waals surface area contributed by atoms with Crippen molar-refractivity contribution in [2.24, 2.45) is 7.05 Å². The van der Waals surface area contributed by atoms with Crippen molar-refractivity contribution in [3.8, 4) is 0 Å². The number of aromatic nitrogens is 3. The van der Waals surface area contributed by atoms with E-state index >= 15 is 0 Å². The molecule has 0 unspecified atom stereocenters. The second-order valence-electron chi connectivity index (χ2n) is 5.27. The number of rotatable bonds is 9. The lowest BCUT2D eigenvalue weighted by Crippen LogP contribution is -2.09. The van der Waals surface area contributed by atoms with Crippen molar-refractivity contribution in [2.75, 3.05) is 31.7 Å². The third-order valence-electron chi connectivity index (χ3n) is 2.93. The summed E-state index contributed by atoms with van der Waals surface area (Å²) in [5.41, 5.74) is 1.40. The minimum absolute atomic E-state index is 0.127. The Labute approximate surface area is 139 Å². The topological polar surface area (TPSA) is 66.2 Å². The zero-order chi connectivity index (χ0) is 15.9. The van der Waals surface area contributed by atoms with E-state index in [1.807, 2.05) is 30.1 Å². The zero-order valence-corrected chi connectivity index (χ0v) is 14.9. The molecular weight excluding hydrogens is 318 g/mol. The number of aliphatic hydroxyl groups excluding tert-OH is 1. The van der Waals surface area contributed by atoms with E-state index in [4.69, 9.17) is 5.11 Å². The predicted molar refractivity (Wildman–Crippen MR) is 93.3 cm³/mol. The summed E-state index contributed by atoms with van der Waals surface area (Å²) in [4.78, 5) is 7.79. The summed E-state index contributed by atoms with van der Waals surface area (Å²) in [7, 11) is 6.00. The molecule has 0 fully saturated rings. The van der Waals surface area contributed by atoms with Gasteiger partial charge >= 0.3 is 0 Å². The molecule has 6 nitrogen and oxygen atoms in total. The van der Waals surface area contributed by atoms with Crippen LogP contribution in [0.15, 0.2) is 11.4 Å². The molecule has 0 bridgehead atoms. The maximum atomic E-state index is 9.00. The van der Waals surface area contributed by atoms with E-state index in [0.29, 0.717) is 11.8 Å². The fourth-order valence-corrected chi connectivity index (χ4v) is 3.88. The van der Waals surface area contributed by atoms with Crippen LogP contribution < -0.4 is 5.32 Å². The molecule has 2 rings (SSSR count). The van der Waals surface area contributed by atoms with Gasteiger partial charge in [0.1, 0.15) is 6.61 Å². The average Bonchev–Trinajstić information content (AvgIpc) is 3.05. The van der Waals surface area contributed by atoms with Gasteiger partial charge in [-0.15, -0.1) is 11.3 Å². The first kappa shape index (κ1) is 17.3. The second kappa shape index (κ2) is 8.52. The van der Waals surface area contributed by atoms with Gasteiger partial charge in [0.25, 0.3) is 0 Å². The third kappa shape index (κ3) is 5.28. The molecular formula is C14H23N5OS2. The monoisotopic (exact) mass is 341 g/mol. The quantitative estimate of drug-likeness (QED) is 0.678. The summed E-state index contributed by atoms with van der Waals surface area (Å²) in [6.07, 6.45) is 0. The van der Waals surface area contributed by atoms with E-state index in [-0.39, 0.29) is 6.61 Å². The van der Waals surface area contributed by atoms with Crippen LogP contribution >= 0.6 is 23.1 Å². The fraction of sp³-hybridized carbons (Fsp3) is 0.571.